The Kier molecular flexibility index (Phi) is 3.79. The number of anilines is 1. The summed E-state index contributed by atoms with van der Waals surface area (Å²) in [6, 6.07) is 6.13. The SMILES string of the molecule is CNC1CCN(c2n[nH]c(-c3ccc(C#N)cn3)n2)CC1. The number of aromatic nitrogens is 4. The van der Waals surface area contributed by atoms with E-state index in [-0.39, 0.29) is 0 Å². The van der Waals surface area contributed by atoms with E-state index in [1.54, 1.807) is 12.1 Å². The standard InChI is InChI=1S/C14H17N7/c1-16-11-4-6-21(7-5-11)14-18-13(19-20-14)12-3-2-10(8-15)9-17-12/h2-3,9,11,16H,4-7H2,1H3,(H,18,19,20). The zero-order chi connectivity index (χ0) is 14.7. The van der Waals surface area contributed by atoms with Crippen molar-refractivity contribution in [1.82, 2.24) is 25.5 Å². The molecule has 2 aromatic heterocycles. The zero-order valence-electron chi connectivity index (χ0n) is 11.9. The molecule has 0 amide bonds. The summed E-state index contributed by atoms with van der Waals surface area (Å²) in [4.78, 5) is 10.9. The van der Waals surface area contributed by atoms with Crippen molar-refractivity contribution in [3.05, 3.63) is 23.9 Å². The van der Waals surface area contributed by atoms with Crippen LogP contribution in [0.15, 0.2) is 18.3 Å². The van der Waals surface area contributed by atoms with Crippen molar-refractivity contribution in [1.29, 1.82) is 5.26 Å². The Hall–Kier alpha value is -2.46. The van der Waals surface area contributed by atoms with Gasteiger partial charge < -0.3 is 10.2 Å². The number of hydrogen-bond donors (Lipinski definition) is 2. The largest absolute Gasteiger partial charge is 0.339 e. The second kappa shape index (κ2) is 5.89. The maximum Gasteiger partial charge on any atom is 0.245 e. The Balaban J connectivity index is 1.73. The van der Waals surface area contributed by atoms with E-state index in [0.29, 0.717) is 29.1 Å². The molecule has 3 rings (SSSR count). The first-order valence-corrected chi connectivity index (χ1v) is 7.01. The number of pyridine rings is 1. The van der Waals surface area contributed by atoms with Crippen molar-refractivity contribution < 1.29 is 0 Å². The van der Waals surface area contributed by atoms with Gasteiger partial charge in [-0.05, 0) is 32.0 Å². The van der Waals surface area contributed by atoms with Crippen LogP contribution in [0, 0.1) is 11.3 Å². The van der Waals surface area contributed by atoms with Crippen molar-refractivity contribution in [2.45, 2.75) is 18.9 Å². The van der Waals surface area contributed by atoms with Gasteiger partial charge in [0.1, 0.15) is 11.8 Å². The Labute approximate surface area is 123 Å². The van der Waals surface area contributed by atoms with Gasteiger partial charge in [0.15, 0.2) is 5.82 Å². The van der Waals surface area contributed by atoms with Gasteiger partial charge in [0.25, 0.3) is 0 Å². The molecule has 0 radical (unpaired) electrons. The molecule has 7 nitrogen and oxygen atoms in total. The predicted molar refractivity (Wildman–Crippen MR) is 78.6 cm³/mol. The van der Waals surface area contributed by atoms with Crippen LogP contribution >= 0.6 is 0 Å². The average molecular weight is 283 g/mol. The molecule has 1 saturated heterocycles. The average Bonchev–Trinajstić information content (AvgIpc) is 3.05. The van der Waals surface area contributed by atoms with Crippen LogP contribution in [0.4, 0.5) is 5.95 Å². The first-order valence-electron chi connectivity index (χ1n) is 7.01. The van der Waals surface area contributed by atoms with Crippen molar-refractivity contribution in [2.24, 2.45) is 0 Å². The van der Waals surface area contributed by atoms with E-state index in [1.165, 1.54) is 6.20 Å². The minimum absolute atomic E-state index is 0.535. The van der Waals surface area contributed by atoms with Gasteiger partial charge in [0, 0.05) is 25.3 Å². The summed E-state index contributed by atoms with van der Waals surface area (Å²) in [7, 11) is 2.00. The van der Waals surface area contributed by atoms with Crippen molar-refractivity contribution in [3.63, 3.8) is 0 Å². The first kappa shape index (κ1) is 13.5. The highest BCUT2D eigenvalue weighted by atomic mass is 15.4. The predicted octanol–water partition coefficient (Wildman–Crippen LogP) is 0.927. The summed E-state index contributed by atoms with van der Waals surface area (Å²) in [6.07, 6.45) is 3.72. The fourth-order valence-corrected chi connectivity index (χ4v) is 2.48. The van der Waals surface area contributed by atoms with Gasteiger partial charge in [-0.2, -0.15) is 10.2 Å². The van der Waals surface area contributed by atoms with Gasteiger partial charge in [0.2, 0.25) is 5.95 Å². The summed E-state index contributed by atoms with van der Waals surface area (Å²) in [5, 5.41) is 19.3. The molecule has 0 spiro atoms. The Bertz CT molecular complexity index is 632. The molecule has 0 aliphatic carbocycles. The Morgan fingerprint density at radius 3 is 2.81 bits per heavy atom. The lowest BCUT2D eigenvalue weighted by molar-refractivity contribution is 0.439. The number of hydrogen-bond acceptors (Lipinski definition) is 6. The molecule has 3 heterocycles. The molecule has 21 heavy (non-hydrogen) atoms. The minimum atomic E-state index is 0.535. The van der Waals surface area contributed by atoms with Gasteiger partial charge in [-0.15, -0.1) is 5.10 Å². The summed E-state index contributed by atoms with van der Waals surface area (Å²) < 4.78 is 0. The number of aromatic amines is 1. The van der Waals surface area contributed by atoms with Crippen molar-refractivity contribution >= 4 is 5.95 Å². The third-order valence-corrected chi connectivity index (χ3v) is 3.79. The fourth-order valence-electron chi connectivity index (χ4n) is 2.48. The lowest BCUT2D eigenvalue weighted by Gasteiger charge is -2.30. The first-order chi connectivity index (χ1) is 10.3. The van der Waals surface area contributed by atoms with Gasteiger partial charge in [-0.1, -0.05) is 0 Å². The number of nitriles is 1. The summed E-state index contributed by atoms with van der Waals surface area (Å²) in [6.45, 7) is 1.90. The number of rotatable bonds is 3. The summed E-state index contributed by atoms with van der Waals surface area (Å²) >= 11 is 0. The van der Waals surface area contributed by atoms with Crippen molar-refractivity contribution in [2.75, 3.05) is 25.0 Å². The van der Waals surface area contributed by atoms with Crippen LogP contribution in [0.2, 0.25) is 0 Å². The molecule has 1 fully saturated rings. The van der Waals surface area contributed by atoms with E-state index in [4.69, 9.17) is 5.26 Å². The maximum absolute atomic E-state index is 8.78. The van der Waals surface area contributed by atoms with Crippen LogP contribution in [0.3, 0.4) is 0 Å². The third-order valence-electron chi connectivity index (χ3n) is 3.79. The van der Waals surface area contributed by atoms with Crippen molar-refractivity contribution in [3.8, 4) is 17.6 Å². The highest BCUT2D eigenvalue weighted by Crippen LogP contribution is 2.19. The highest BCUT2D eigenvalue weighted by Gasteiger charge is 2.21. The quantitative estimate of drug-likeness (QED) is 0.870. The lowest BCUT2D eigenvalue weighted by Crippen LogP contribution is -2.41. The van der Waals surface area contributed by atoms with Gasteiger partial charge in [0.05, 0.1) is 5.56 Å². The van der Waals surface area contributed by atoms with Gasteiger partial charge in [-0.3, -0.25) is 10.1 Å². The summed E-state index contributed by atoms with van der Waals surface area (Å²) in [5.41, 5.74) is 1.23. The monoisotopic (exact) mass is 283 g/mol. The molecular weight excluding hydrogens is 266 g/mol. The molecule has 0 saturated carbocycles. The van der Waals surface area contributed by atoms with Crippen LogP contribution in [0.25, 0.3) is 11.5 Å². The molecule has 0 aromatic carbocycles. The summed E-state index contributed by atoms with van der Waals surface area (Å²) in [5.74, 6) is 1.34. The van der Waals surface area contributed by atoms with Crippen LogP contribution in [-0.2, 0) is 0 Å². The number of piperidine rings is 1. The normalized spacial score (nSPS) is 15.9. The van der Waals surface area contributed by atoms with Crippen LogP contribution in [0.1, 0.15) is 18.4 Å². The lowest BCUT2D eigenvalue weighted by atomic mass is 10.1. The van der Waals surface area contributed by atoms with E-state index in [1.807, 2.05) is 13.1 Å². The van der Waals surface area contributed by atoms with Gasteiger partial charge in [-0.25, -0.2) is 0 Å². The molecule has 2 N–H and O–H groups in total. The molecular formula is C14H17N7. The van der Waals surface area contributed by atoms with Crippen LogP contribution < -0.4 is 10.2 Å². The highest BCUT2D eigenvalue weighted by molar-refractivity contribution is 5.52. The number of nitrogens with zero attached hydrogens (tertiary/aromatic N) is 5. The van der Waals surface area contributed by atoms with E-state index >= 15 is 0 Å². The number of H-pyrrole nitrogens is 1. The van der Waals surface area contributed by atoms with Crippen LogP contribution in [0.5, 0.6) is 0 Å². The molecule has 1 aliphatic rings. The molecule has 0 bridgehead atoms. The Morgan fingerprint density at radius 1 is 1.38 bits per heavy atom. The van der Waals surface area contributed by atoms with E-state index in [9.17, 15) is 0 Å². The molecule has 2 aromatic rings. The fraction of sp³-hybridized carbons (Fsp3) is 0.429. The Morgan fingerprint density at radius 2 is 2.19 bits per heavy atom. The smallest absolute Gasteiger partial charge is 0.245 e. The van der Waals surface area contributed by atoms with E-state index in [2.05, 4.69) is 30.4 Å². The third kappa shape index (κ3) is 2.85. The van der Waals surface area contributed by atoms with Gasteiger partial charge >= 0.3 is 0 Å². The molecule has 0 atom stereocenters. The second-order valence-electron chi connectivity index (χ2n) is 5.08. The topological polar surface area (TPSA) is 93.5 Å². The zero-order valence-corrected chi connectivity index (χ0v) is 11.9. The molecule has 7 heteroatoms. The van der Waals surface area contributed by atoms with E-state index < -0.39 is 0 Å². The number of nitrogens with one attached hydrogen (secondary N) is 2. The van der Waals surface area contributed by atoms with E-state index in [0.717, 1.165) is 25.9 Å². The maximum atomic E-state index is 8.78. The minimum Gasteiger partial charge on any atom is -0.339 e. The van der Waals surface area contributed by atoms with Crippen LogP contribution in [-0.4, -0.2) is 46.3 Å². The molecule has 1 aliphatic heterocycles. The second-order valence-corrected chi connectivity index (χ2v) is 5.08. The molecule has 0 unspecified atom stereocenters. The molecule has 108 valence electrons.